The van der Waals surface area contributed by atoms with Crippen LogP contribution in [0.5, 0.6) is 0 Å². The van der Waals surface area contributed by atoms with Gasteiger partial charge in [-0.3, -0.25) is 14.7 Å². The average Bonchev–Trinajstić information content (AvgIpc) is 2.94. The maximum Gasteiger partial charge on any atom is 0.411 e. The van der Waals surface area contributed by atoms with E-state index in [1.54, 1.807) is 4.57 Å². The van der Waals surface area contributed by atoms with E-state index in [1.807, 2.05) is 6.92 Å². The molecular formula is C14H14ClF3N4O2. The minimum atomic E-state index is -4.42. The summed E-state index contributed by atoms with van der Waals surface area (Å²) < 4.78 is 42.5. The average molecular weight is 363 g/mol. The van der Waals surface area contributed by atoms with Crippen LogP contribution in [0.15, 0.2) is 24.5 Å². The van der Waals surface area contributed by atoms with Gasteiger partial charge in [-0.05, 0) is 18.6 Å². The van der Waals surface area contributed by atoms with Crippen LogP contribution in [0.1, 0.15) is 22.8 Å². The predicted octanol–water partition coefficient (Wildman–Crippen LogP) is 3.28. The number of benzene rings is 1. The number of anilines is 1. The van der Waals surface area contributed by atoms with Crippen molar-refractivity contribution in [2.75, 3.05) is 11.9 Å². The third kappa shape index (κ3) is 4.68. The Kier molecular flexibility index (Phi) is 5.79. The van der Waals surface area contributed by atoms with Crippen LogP contribution < -0.4 is 5.32 Å². The summed E-state index contributed by atoms with van der Waals surface area (Å²) in [5, 5.41) is 10.0. The first kappa shape index (κ1) is 18.2. The van der Waals surface area contributed by atoms with Gasteiger partial charge in [0, 0.05) is 6.54 Å². The Labute approximate surface area is 140 Å². The Morgan fingerprint density at radius 3 is 2.83 bits per heavy atom. The van der Waals surface area contributed by atoms with Crippen molar-refractivity contribution in [1.29, 1.82) is 0 Å². The summed E-state index contributed by atoms with van der Waals surface area (Å²) in [6, 6.07) is 4.46. The largest absolute Gasteiger partial charge is 0.411 e. The van der Waals surface area contributed by atoms with Gasteiger partial charge in [-0.2, -0.15) is 13.2 Å². The molecule has 0 atom stereocenters. The zero-order valence-corrected chi connectivity index (χ0v) is 13.4. The number of hydrogen-bond acceptors (Lipinski definition) is 4. The van der Waals surface area contributed by atoms with E-state index in [1.165, 1.54) is 24.5 Å². The second kappa shape index (κ2) is 7.63. The predicted molar refractivity (Wildman–Crippen MR) is 80.8 cm³/mol. The minimum absolute atomic E-state index is 0.0275. The van der Waals surface area contributed by atoms with Crippen molar-refractivity contribution in [1.82, 2.24) is 14.8 Å². The number of halogens is 4. The number of hydrogen-bond donors (Lipinski definition) is 1. The molecule has 2 aromatic rings. The normalized spacial score (nSPS) is 11.5. The van der Waals surface area contributed by atoms with E-state index in [2.05, 4.69) is 20.3 Å². The smallest absolute Gasteiger partial charge is 0.367 e. The van der Waals surface area contributed by atoms with Gasteiger partial charge in [0.15, 0.2) is 0 Å². The Morgan fingerprint density at radius 2 is 2.17 bits per heavy atom. The summed E-state index contributed by atoms with van der Waals surface area (Å²) in [7, 11) is 0. The summed E-state index contributed by atoms with van der Waals surface area (Å²) >= 11 is 6.10. The van der Waals surface area contributed by atoms with Gasteiger partial charge in [0.05, 0.1) is 17.2 Å². The zero-order chi connectivity index (χ0) is 17.7. The molecule has 1 aromatic heterocycles. The molecule has 1 N–H and O–H groups in total. The third-order valence-electron chi connectivity index (χ3n) is 3.03. The number of nitrogens with zero attached hydrogens (tertiary/aromatic N) is 3. The maximum atomic E-state index is 12.3. The van der Waals surface area contributed by atoms with Crippen LogP contribution in [0.3, 0.4) is 0 Å². The van der Waals surface area contributed by atoms with Crippen LogP contribution in [0.25, 0.3) is 0 Å². The Hall–Kier alpha value is -2.13. The lowest BCUT2D eigenvalue weighted by molar-refractivity contribution is -0.176. The molecule has 24 heavy (non-hydrogen) atoms. The first-order valence-corrected chi connectivity index (χ1v) is 7.30. The zero-order valence-electron chi connectivity index (χ0n) is 12.6. The highest BCUT2D eigenvalue weighted by molar-refractivity contribution is 6.35. The molecule has 10 heteroatoms. The van der Waals surface area contributed by atoms with Crippen molar-refractivity contribution in [2.45, 2.75) is 26.3 Å². The first-order chi connectivity index (χ1) is 11.3. The van der Waals surface area contributed by atoms with Gasteiger partial charge in [0.1, 0.15) is 12.9 Å². The Balaban J connectivity index is 2.10. The van der Waals surface area contributed by atoms with Gasteiger partial charge >= 0.3 is 6.18 Å². The van der Waals surface area contributed by atoms with Gasteiger partial charge in [0.2, 0.25) is 5.95 Å². The van der Waals surface area contributed by atoms with Crippen molar-refractivity contribution < 1.29 is 22.7 Å². The van der Waals surface area contributed by atoms with Gasteiger partial charge in [-0.15, -0.1) is 10.2 Å². The van der Waals surface area contributed by atoms with E-state index in [9.17, 15) is 18.0 Å². The number of ether oxygens (including phenoxy) is 1. The summed E-state index contributed by atoms with van der Waals surface area (Å²) in [5.41, 5.74) is 0.390. The lowest BCUT2D eigenvalue weighted by atomic mass is 10.1. The van der Waals surface area contributed by atoms with E-state index < -0.39 is 18.7 Å². The molecule has 1 aromatic carbocycles. The van der Waals surface area contributed by atoms with Crippen molar-refractivity contribution in [3.63, 3.8) is 0 Å². The van der Waals surface area contributed by atoms with Crippen LogP contribution in [0, 0.1) is 0 Å². The number of nitrogens with one attached hydrogen (secondary N) is 1. The molecule has 0 bridgehead atoms. The van der Waals surface area contributed by atoms with Gasteiger partial charge in [-0.25, -0.2) is 0 Å². The number of amides is 1. The van der Waals surface area contributed by atoms with E-state index >= 15 is 0 Å². The fourth-order valence-electron chi connectivity index (χ4n) is 1.90. The van der Waals surface area contributed by atoms with Gasteiger partial charge < -0.3 is 4.74 Å². The minimum Gasteiger partial charge on any atom is -0.367 e. The molecule has 2 rings (SSSR count). The quantitative estimate of drug-likeness (QED) is 0.856. The van der Waals surface area contributed by atoms with E-state index in [0.29, 0.717) is 6.54 Å². The third-order valence-corrected chi connectivity index (χ3v) is 3.47. The Bertz CT molecular complexity index is 718. The highest BCUT2D eigenvalue weighted by atomic mass is 35.5. The highest BCUT2D eigenvalue weighted by Crippen LogP contribution is 2.24. The molecular weight excluding hydrogens is 349 g/mol. The van der Waals surface area contributed by atoms with Crippen LogP contribution in [0.4, 0.5) is 19.1 Å². The molecule has 0 unspecified atom stereocenters. The highest BCUT2D eigenvalue weighted by Gasteiger charge is 2.27. The topological polar surface area (TPSA) is 69.0 Å². The first-order valence-electron chi connectivity index (χ1n) is 6.93. The second-order valence-corrected chi connectivity index (χ2v) is 5.16. The molecule has 1 heterocycles. The maximum absolute atomic E-state index is 12.3. The monoisotopic (exact) mass is 362 g/mol. The molecule has 130 valence electrons. The van der Waals surface area contributed by atoms with Crippen molar-refractivity contribution in [2.24, 2.45) is 0 Å². The molecule has 1 amide bonds. The fraction of sp³-hybridized carbons (Fsp3) is 0.357. The second-order valence-electron chi connectivity index (χ2n) is 4.78. The van der Waals surface area contributed by atoms with E-state index in [4.69, 9.17) is 11.6 Å². The molecule has 0 aliphatic heterocycles. The van der Waals surface area contributed by atoms with Crippen LogP contribution in [-0.2, 0) is 17.9 Å². The summed E-state index contributed by atoms with van der Waals surface area (Å²) in [6.07, 6.45) is -2.97. The lowest BCUT2D eigenvalue weighted by Gasteiger charge is -2.11. The molecule has 0 radical (unpaired) electrons. The number of alkyl halides is 3. The molecule has 0 aliphatic rings. The molecule has 0 saturated carbocycles. The molecule has 6 nitrogen and oxygen atoms in total. The summed E-state index contributed by atoms with van der Waals surface area (Å²) in [5.74, 6) is -0.294. The number of carbonyl (C=O) groups excluding carboxylic acids is 1. The fourth-order valence-corrected chi connectivity index (χ4v) is 2.16. The van der Waals surface area contributed by atoms with Crippen molar-refractivity contribution in [3.05, 3.63) is 40.7 Å². The van der Waals surface area contributed by atoms with Crippen LogP contribution in [0.2, 0.25) is 5.02 Å². The number of aromatic nitrogens is 3. The Morgan fingerprint density at radius 1 is 1.42 bits per heavy atom. The van der Waals surface area contributed by atoms with Crippen LogP contribution >= 0.6 is 11.6 Å². The van der Waals surface area contributed by atoms with Crippen molar-refractivity contribution in [3.8, 4) is 0 Å². The molecule has 0 fully saturated rings. The van der Waals surface area contributed by atoms with Crippen molar-refractivity contribution >= 4 is 23.5 Å². The SMILES string of the molecule is CCn1cnnc1NC(=O)c1cccc(COCC(F)(F)F)c1Cl. The van der Waals surface area contributed by atoms with Gasteiger partial charge in [0.25, 0.3) is 5.91 Å². The molecule has 0 aliphatic carbocycles. The summed E-state index contributed by atoms with van der Waals surface area (Å²) in [4.78, 5) is 12.3. The molecule has 0 saturated heterocycles. The lowest BCUT2D eigenvalue weighted by Crippen LogP contribution is -2.18. The molecule has 0 spiro atoms. The summed E-state index contributed by atoms with van der Waals surface area (Å²) in [6.45, 7) is 0.663. The van der Waals surface area contributed by atoms with E-state index in [0.717, 1.165) is 0 Å². The number of aryl methyl sites for hydroxylation is 1. The standard InChI is InChI=1S/C14H14ClF3N4O2/c1-2-22-8-19-21-13(22)20-12(23)10-5-3-4-9(11(10)15)6-24-7-14(16,17)18/h3-5,8H,2,6-7H2,1H3,(H,20,21,23). The van der Waals surface area contributed by atoms with Gasteiger partial charge in [-0.1, -0.05) is 23.7 Å². The number of rotatable bonds is 6. The van der Waals surface area contributed by atoms with E-state index in [-0.39, 0.29) is 28.7 Å². The number of carbonyl (C=O) groups is 1. The van der Waals surface area contributed by atoms with Crippen LogP contribution in [-0.4, -0.2) is 33.5 Å².